The molecule has 1 atom stereocenters. The highest BCUT2D eigenvalue weighted by atomic mass is 35.5. The van der Waals surface area contributed by atoms with E-state index in [2.05, 4.69) is 4.98 Å². The zero-order chi connectivity index (χ0) is 8.43. The molecule has 0 aliphatic rings. The van der Waals surface area contributed by atoms with Crippen molar-refractivity contribution >= 4 is 17.3 Å². The van der Waals surface area contributed by atoms with E-state index >= 15 is 0 Å². The van der Waals surface area contributed by atoms with Crippen molar-refractivity contribution in [1.82, 2.24) is 4.98 Å². The SMILES string of the molecule is Cc1nc(Cl)ccc1[NH+]([O-])O. The van der Waals surface area contributed by atoms with Crippen LogP contribution in [-0.4, -0.2) is 10.2 Å². The summed E-state index contributed by atoms with van der Waals surface area (Å²) >= 11 is 5.52. The third-order valence-corrected chi connectivity index (χ3v) is 1.49. The summed E-state index contributed by atoms with van der Waals surface area (Å²) in [7, 11) is 0. The Hall–Kier alpha value is -0.680. The predicted octanol–water partition coefficient (Wildman–Crippen LogP) is 0.447. The van der Waals surface area contributed by atoms with Gasteiger partial charge in [0.25, 0.3) is 0 Å². The highest BCUT2D eigenvalue weighted by Gasteiger charge is 2.05. The van der Waals surface area contributed by atoms with Crippen molar-refractivity contribution in [2.75, 3.05) is 0 Å². The third kappa shape index (κ3) is 1.87. The summed E-state index contributed by atoms with van der Waals surface area (Å²) in [5.74, 6) is 0. The van der Waals surface area contributed by atoms with Crippen LogP contribution in [0.25, 0.3) is 0 Å². The van der Waals surface area contributed by atoms with Gasteiger partial charge in [0.2, 0.25) is 0 Å². The summed E-state index contributed by atoms with van der Waals surface area (Å²) in [5, 5.41) is 18.4. The molecule has 0 saturated carbocycles. The first-order valence-electron chi connectivity index (χ1n) is 2.97. The number of rotatable bonds is 1. The highest BCUT2D eigenvalue weighted by molar-refractivity contribution is 6.29. The molecule has 1 rings (SSSR count). The predicted molar refractivity (Wildman–Crippen MR) is 39.8 cm³/mol. The second-order valence-corrected chi connectivity index (χ2v) is 2.46. The lowest BCUT2D eigenvalue weighted by Crippen LogP contribution is -2.99. The van der Waals surface area contributed by atoms with Gasteiger partial charge in [0.05, 0.1) is 0 Å². The van der Waals surface area contributed by atoms with E-state index < -0.39 is 5.23 Å². The molecule has 0 spiro atoms. The van der Waals surface area contributed by atoms with Gasteiger partial charge in [-0.05, 0) is 13.0 Å². The standard InChI is InChI=1S/C6H7ClN2O2/c1-4-5(9(10)11)2-3-6(7)8-4/h2-3,9-10H,1H3. The summed E-state index contributed by atoms with van der Waals surface area (Å²) in [6.45, 7) is 1.61. The minimum absolute atomic E-state index is 0.189. The van der Waals surface area contributed by atoms with Crippen LogP contribution in [0.15, 0.2) is 12.1 Å². The Kier molecular flexibility index (Phi) is 2.41. The lowest BCUT2D eigenvalue weighted by Gasteiger charge is -2.12. The Bertz CT molecular complexity index is 265. The van der Waals surface area contributed by atoms with Gasteiger partial charge in [0.15, 0.2) is 5.69 Å². The van der Waals surface area contributed by atoms with Crippen molar-refractivity contribution in [2.24, 2.45) is 0 Å². The Morgan fingerprint density at radius 3 is 2.73 bits per heavy atom. The van der Waals surface area contributed by atoms with E-state index in [0.29, 0.717) is 10.8 Å². The Labute approximate surface area is 68.6 Å². The van der Waals surface area contributed by atoms with Crippen LogP contribution < -0.4 is 5.23 Å². The lowest BCUT2D eigenvalue weighted by molar-refractivity contribution is -0.991. The molecule has 0 aromatic carbocycles. The van der Waals surface area contributed by atoms with Gasteiger partial charge in [-0.2, -0.15) is 5.23 Å². The number of nitrogens with one attached hydrogen (secondary N) is 1. The fourth-order valence-electron chi connectivity index (χ4n) is 0.756. The third-order valence-electron chi connectivity index (χ3n) is 1.28. The molecule has 0 fully saturated rings. The number of halogens is 1. The Morgan fingerprint density at radius 2 is 2.27 bits per heavy atom. The molecule has 4 nitrogen and oxygen atoms in total. The van der Waals surface area contributed by atoms with Crippen molar-refractivity contribution in [2.45, 2.75) is 6.92 Å². The highest BCUT2D eigenvalue weighted by Crippen LogP contribution is 2.10. The van der Waals surface area contributed by atoms with Crippen LogP contribution in [0, 0.1) is 12.1 Å². The van der Waals surface area contributed by atoms with E-state index in [1.165, 1.54) is 12.1 Å². The maximum absolute atomic E-state index is 10.4. The van der Waals surface area contributed by atoms with Crippen LogP contribution in [0.4, 0.5) is 5.69 Å². The molecule has 0 bridgehead atoms. The number of hydrogen-bond donors (Lipinski definition) is 2. The zero-order valence-electron chi connectivity index (χ0n) is 5.84. The maximum atomic E-state index is 10.4. The van der Waals surface area contributed by atoms with Gasteiger partial charge in [-0.1, -0.05) is 11.6 Å². The first-order valence-corrected chi connectivity index (χ1v) is 3.35. The maximum Gasteiger partial charge on any atom is 0.185 e. The largest absolute Gasteiger partial charge is 0.595 e. The summed E-state index contributed by atoms with van der Waals surface area (Å²) in [6.07, 6.45) is 0. The van der Waals surface area contributed by atoms with E-state index in [4.69, 9.17) is 16.8 Å². The van der Waals surface area contributed by atoms with Gasteiger partial charge in [0.1, 0.15) is 10.8 Å². The molecule has 11 heavy (non-hydrogen) atoms. The van der Waals surface area contributed by atoms with E-state index in [9.17, 15) is 5.21 Å². The van der Waals surface area contributed by atoms with Crippen LogP contribution in [0.5, 0.6) is 0 Å². The molecule has 0 saturated heterocycles. The quantitative estimate of drug-likeness (QED) is 0.480. The normalized spacial score (nSPS) is 13.1. The van der Waals surface area contributed by atoms with E-state index in [1.807, 2.05) is 0 Å². The minimum atomic E-state index is -0.980. The van der Waals surface area contributed by atoms with Crippen molar-refractivity contribution in [3.8, 4) is 0 Å². The van der Waals surface area contributed by atoms with Gasteiger partial charge in [-0.15, -0.1) is 0 Å². The molecule has 0 aliphatic carbocycles. The first-order chi connectivity index (χ1) is 5.11. The molecule has 0 radical (unpaired) electrons. The molecule has 2 N–H and O–H groups in total. The molecule has 60 valence electrons. The van der Waals surface area contributed by atoms with E-state index in [-0.39, 0.29) is 5.69 Å². The van der Waals surface area contributed by atoms with Gasteiger partial charge >= 0.3 is 0 Å². The molecule has 0 amide bonds. The Balaban J connectivity index is 3.09. The molecule has 1 aromatic rings. The fourth-order valence-corrected chi connectivity index (χ4v) is 0.946. The average Bonchev–Trinajstić information content (AvgIpc) is 1.85. The molecule has 0 aliphatic heterocycles. The molecular formula is C6H7ClN2O2. The molecule has 1 aromatic heterocycles. The topological polar surface area (TPSA) is 60.6 Å². The van der Waals surface area contributed by atoms with Crippen LogP contribution in [0.2, 0.25) is 5.15 Å². The molecule has 1 heterocycles. The van der Waals surface area contributed by atoms with Crippen LogP contribution in [-0.2, 0) is 0 Å². The smallest absolute Gasteiger partial charge is 0.185 e. The summed E-state index contributed by atoms with van der Waals surface area (Å²) < 4.78 is 0. The molecular weight excluding hydrogens is 168 g/mol. The second-order valence-electron chi connectivity index (χ2n) is 2.07. The number of pyridine rings is 1. The van der Waals surface area contributed by atoms with E-state index in [0.717, 1.165) is 0 Å². The van der Waals surface area contributed by atoms with Gasteiger partial charge in [-0.25, -0.2) is 10.2 Å². The van der Waals surface area contributed by atoms with E-state index in [1.54, 1.807) is 6.92 Å². The second kappa shape index (κ2) is 3.15. The van der Waals surface area contributed by atoms with Crippen molar-refractivity contribution < 1.29 is 10.4 Å². The van der Waals surface area contributed by atoms with Gasteiger partial charge in [-0.3, -0.25) is 0 Å². The van der Waals surface area contributed by atoms with Crippen molar-refractivity contribution in [3.05, 3.63) is 28.2 Å². The van der Waals surface area contributed by atoms with Gasteiger partial charge in [0, 0.05) is 6.07 Å². The number of aromatic nitrogens is 1. The number of nitrogens with zero attached hydrogens (tertiary/aromatic N) is 1. The fraction of sp³-hybridized carbons (Fsp3) is 0.167. The summed E-state index contributed by atoms with van der Waals surface area (Å²) in [4.78, 5) is 3.78. The van der Waals surface area contributed by atoms with Gasteiger partial charge < -0.3 is 5.21 Å². The average molecular weight is 175 g/mol. The number of hydrogen-bond acceptors (Lipinski definition) is 3. The summed E-state index contributed by atoms with van der Waals surface area (Å²) in [6, 6.07) is 2.89. The first kappa shape index (κ1) is 8.42. The monoisotopic (exact) mass is 174 g/mol. The number of aryl methyl sites for hydroxylation is 1. The zero-order valence-corrected chi connectivity index (χ0v) is 6.59. The number of quaternary nitrogens is 1. The summed E-state index contributed by atoms with van der Waals surface area (Å²) in [5.41, 5.74) is 0.624. The van der Waals surface area contributed by atoms with Crippen molar-refractivity contribution in [3.63, 3.8) is 0 Å². The van der Waals surface area contributed by atoms with Crippen LogP contribution >= 0.6 is 11.6 Å². The minimum Gasteiger partial charge on any atom is -0.595 e. The van der Waals surface area contributed by atoms with Crippen LogP contribution in [0.1, 0.15) is 5.69 Å². The van der Waals surface area contributed by atoms with Crippen molar-refractivity contribution in [1.29, 1.82) is 0 Å². The van der Waals surface area contributed by atoms with Crippen LogP contribution in [0.3, 0.4) is 0 Å². The lowest BCUT2D eigenvalue weighted by atomic mass is 10.3. The molecule has 5 heteroatoms. The Morgan fingerprint density at radius 1 is 1.64 bits per heavy atom. The molecule has 1 unspecified atom stereocenters.